The molecule has 1 aliphatic heterocycles. The molecule has 0 bridgehead atoms. The predicted octanol–water partition coefficient (Wildman–Crippen LogP) is 2.39. The number of rotatable bonds is 5. The van der Waals surface area contributed by atoms with Crippen LogP contribution < -0.4 is 10.2 Å². The van der Waals surface area contributed by atoms with E-state index in [1.54, 1.807) is 41.3 Å². The Bertz CT molecular complexity index is 1020. The largest absolute Gasteiger partial charge is 0.340 e. The van der Waals surface area contributed by atoms with Gasteiger partial charge in [0.1, 0.15) is 24.5 Å². The number of aromatic nitrogens is 3. The molecule has 0 radical (unpaired) electrons. The Morgan fingerprint density at radius 3 is 2.76 bits per heavy atom. The molecule has 148 valence electrons. The van der Waals surface area contributed by atoms with Gasteiger partial charge in [0.25, 0.3) is 5.91 Å². The summed E-state index contributed by atoms with van der Waals surface area (Å²) in [6, 6.07) is 12.6. The highest BCUT2D eigenvalue weighted by molar-refractivity contribution is 6.03. The second-order valence-electron chi connectivity index (χ2n) is 6.86. The Kier molecular flexibility index (Phi) is 5.33. The molecule has 2 aromatic carbocycles. The van der Waals surface area contributed by atoms with Gasteiger partial charge in [-0.25, -0.2) is 14.1 Å². The van der Waals surface area contributed by atoms with Crippen molar-refractivity contribution >= 4 is 17.5 Å². The van der Waals surface area contributed by atoms with Crippen LogP contribution in [0.4, 0.5) is 10.1 Å². The number of halogens is 1. The predicted molar refractivity (Wildman–Crippen MR) is 105 cm³/mol. The standard InChI is InChI=1S/C21H20FN5O2/c22-17-8-3-4-10-19(17)27-11-5-9-18(21(27)29)25-20(28)16-7-2-1-6-15(16)12-26-14-23-13-24-26/h1-4,6-8,10,13-14,18H,5,9,11-12H2,(H,25,28). The normalized spacial score (nSPS) is 16.7. The SMILES string of the molecule is O=C(NC1CCCN(c2ccccc2F)C1=O)c1ccccc1Cn1cncn1. The molecule has 1 unspecified atom stereocenters. The van der Waals surface area contributed by atoms with Gasteiger partial charge in [0.15, 0.2) is 0 Å². The lowest BCUT2D eigenvalue weighted by Gasteiger charge is -2.33. The second-order valence-corrected chi connectivity index (χ2v) is 6.86. The smallest absolute Gasteiger partial charge is 0.252 e. The summed E-state index contributed by atoms with van der Waals surface area (Å²) in [5.74, 6) is -1.09. The molecule has 8 heteroatoms. The maximum absolute atomic E-state index is 14.1. The van der Waals surface area contributed by atoms with Crippen molar-refractivity contribution in [2.75, 3.05) is 11.4 Å². The van der Waals surface area contributed by atoms with Crippen molar-refractivity contribution in [1.82, 2.24) is 20.1 Å². The molecule has 1 aliphatic rings. The second kappa shape index (κ2) is 8.22. The first-order valence-electron chi connectivity index (χ1n) is 9.40. The molecular formula is C21H20FN5O2. The molecular weight excluding hydrogens is 373 g/mol. The Balaban J connectivity index is 1.51. The van der Waals surface area contributed by atoms with Gasteiger partial charge in [0, 0.05) is 12.1 Å². The van der Waals surface area contributed by atoms with Gasteiger partial charge in [-0.3, -0.25) is 9.59 Å². The van der Waals surface area contributed by atoms with Crippen molar-refractivity contribution in [3.8, 4) is 0 Å². The van der Waals surface area contributed by atoms with Crippen LogP contribution in [-0.2, 0) is 11.3 Å². The number of hydrogen-bond acceptors (Lipinski definition) is 4. The molecule has 29 heavy (non-hydrogen) atoms. The molecule has 1 saturated heterocycles. The molecule has 7 nitrogen and oxygen atoms in total. The first-order chi connectivity index (χ1) is 14.1. The van der Waals surface area contributed by atoms with Crippen molar-refractivity contribution in [3.05, 3.63) is 78.1 Å². The lowest BCUT2D eigenvalue weighted by molar-refractivity contribution is -0.121. The van der Waals surface area contributed by atoms with Gasteiger partial charge in [-0.1, -0.05) is 30.3 Å². The number of nitrogens with one attached hydrogen (secondary N) is 1. The zero-order chi connectivity index (χ0) is 20.2. The summed E-state index contributed by atoms with van der Waals surface area (Å²) >= 11 is 0. The number of hydrogen-bond donors (Lipinski definition) is 1. The number of amides is 2. The van der Waals surface area contributed by atoms with Crippen molar-refractivity contribution in [1.29, 1.82) is 0 Å². The van der Waals surface area contributed by atoms with E-state index in [4.69, 9.17) is 0 Å². The summed E-state index contributed by atoms with van der Waals surface area (Å²) in [5.41, 5.74) is 1.48. The number of piperidine rings is 1. The number of anilines is 1. The van der Waals surface area contributed by atoms with E-state index in [-0.39, 0.29) is 17.5 Å². The molecule has 0 saturated carbocycles. The summed E-state index contributed by atoms with van der Waals surface area (Å²) in [6.45, 7) is 0.818. The first kappa shape index (κ1) is 18.8. The summed E-state index contributed by atoms with van der Waals surface area (Å²) in [5, 5.41) is 6.90. The van der Waals surface area contributed by atoms with Crippen LogP contribution >= 0.6 is 0 Å². The van der Waals surface area contributed by atoms with Crippen LogP contribution in [-0.4, -0.2) is 39.2 Å². The van der Waals surface area contributed by atoms with Gasteiger partial charge >= 0.3 is 0 Å². The topological polar surface area (TPSA) is 80.1 Å². The molecule has 4 rings (SSSR count). The van der Waals surface area contributed by atoms with Gasteiger partial charge < -0.3 is 10.2 Å². The maximum atomic E-state index is 14.1. The van der Waals surface area contributed by atoms with E-state index in [1.807, 2.05) is 12.1 Å². The number of benzene rings is 2. The van der Waals surface area contributed by atoms with Crippen LogP contribution in [0, 0.1) is 5.82 Å². The Morgan fingerprint density at radius 1 is 1.17 bits per heavy atom. The third-order valence-corrected chi connectivity index (χ3v) is 4.95. The fourth-order valence-electron chi connectivity index (χ4n) is 3.52. The molecule has 1 fully saturated rings. The summed E-state index contributed by atoms with van der Waals surface area (Å²) in [6.07, 6.45) is 4.19. The number of carbonyl (C=O) groups is 2. The zero-order valence-corrected chi connectivity index (χ0v) is 15.7. The van der Waals surface area contributed by atoms with Crippen molar-refractivity contribution in [2.24, 2.45) is 0 Å². The van der Waals surface area contributed by atoms with Crippen LogP contribution in [0.1, 0.15) is 28.8 Å². The van der Waals surface area contributed by atoms with Crippen LogP contribution in [0.25, 0.3) is 0 Å². The highest BCUT2D eigenvalue weighted by Gasteiger charge is 2.32. The van der Waals surface area contributed by atoms with E-state index in [0.717, 1.165) is 5.56 Å². The van der Waals surface area contributed by atoms with Crippen LogP contribution in [0.2, 0.25) is 0 Å². The fraction of sp³-hybridized carbons (Fsp3) is 0.238. The van der Waals surface area contributed by atoms with Gasteiger partial charge in [-0.15, -0.1) is 0 Å². The number of carbonyl (C=O) groups excluding carboxylic acids is 2. The number of para-hydroxylation sites is 1. The third-order valence-electron chi connectivity index (χ3n) is 4.95. The molecule has 1 N–H and O–H groups in total. The molecule has 1 aromatic heterocycles. The van der Waals surface area contributed by atoms with E-state index < -0.39 is 11.9 Å². The van der Waals surface area contributed by atoms with Crippen molar-refractivity contribution in [2.45, 2.75) is 25.4 Å². The molecule has 0 aliphatic carbocycles. The fourth-order valence-corrected chi connectivity index (χ4v) is 3.52. The molecule has 2 amide bonds. The Hall–Kier alpha value is -3.55. The average molecular weight is 393 g/mol. The average Bonchev–Trinajstić information content (AvgIpc) is 3.24. The molecule has 2 heterocycles. The highest BCUT2D eigenvalue weighted by atomic mass is 19.1. The molecule has 0 spiro atoms. The van der Waals surface area contributed by atoms with Crippen LogP contribution in [0.3, 0.4) is 0 Å². The minimum atomic E-state index is -0.699. The minimum absolute atomic E-state index is 0.239. The van der Waals surface area contributed by atoms with Gasteiger partial charge in [0.2, 0.25) is 5.91 Å². The summed E-state index contributed by atoms with van der Waals surface area (Å²) in [7, 11) is 0. The van der Waals surface area contributed by atoms with Gasteiger partial charge in [0.05, 0.1) is 12.2 Å². The quantitative estimate of drug-likeness (QED) is 0.722. The summed E-state index contributed by atoms with van der Waals surface area (Å²) in [4.78, 5) is 31.1. The Labute approximate surface area is 167 Å². The monoisotopic (exact) mass is 393 g/mol. The van der Waals surface area contributed by atoms with E-state index in [1.165, 1.54) is 17.3 Å². The van der Waals surface area contributed by atoms with E-state index in [2.05, 4.69) is 15.4 Å². The maximum Gasteiger partial charge on any atom is 0.252 e. The third kappa shape index (κ3) is 4.01. The Morgan fingerprint density at radius 2 is 1.97 bits per heavy atom. The minimum Gasteiger partial charge on any atom is -0.340 e. The lowest BCUT2D eigenvalue weighted by atomic mass is 10.0. The number of nitrogens with zero attached hydrogens (tertiary/aromatic N) is 4. The van der Waals surface area contributed by atoms with E-state index in [0.29, 0.717) is 31.5 Å². The van der Waals surface area contributed by atoms with Gasteiger partial charge in [-0.2, -0.15) is 5.10 Å². The van der Waals surface area contributed by atoms with Crippen LogP contribution in [0.15, 0.2) is 61.2 Å². The van der Waals surface area contributed by atoms with Crippen LogP contribution in [0.5, 0.6) is 0 Å². The lowest BCUT2D eigenvalue weighted by Crippen LogP contribution is -2.52. The highest BCUT2D eigenvalue weighted by Crippen LogP contribution is 2.24. The van der Waals surface area contributed by atoms with Gasteiger partial charge in [-0.05, 0) is 36.6 Å². The molecule has 1 atom stereocenters. The first-order valence-corrected chi connectivity index (χ1v) is 9.40. The molecule has 3 aromatic rings. The van der Waals surface area contributed by atoms with E-state index in [9.17, 15) is 14.0 Å². The van der Waals surface area contributed by atoms with Crippen molar-refractivity contribution < 1.29 is 14.0 Å². The summed E-state index contributed by atoms with van der Waals surface area (Å²) < 4.78 is 15.8. The van der Waals surface area contributed by atoms with E-state index >= 15 is 0 Å². The zero-order valence-electron chi connectivity index (χ0n) is 15.7. The van der Waals surface area contributed by atoms with Crippen molar-refractivity contribution in [3.63, 3.8) is 0 Å².